The highest BCUT2D eigenvalue weighted by molar-refractivity contribution is 7.80. The molecule has 0 fully saturated rings. The van der Waals surface area contributed by atoms with Crippen LogP contribution < -0.4 is 5.32 Å². The number of nitrogens with zero attached hydrogens (tertiary/aromatic N) is 1. The molecule has 0 radical (unpaired) electrons. The van der Waals surface area contributed by atoms with Gasteiger partial charge in [-0.25, -0.2) is 0 Å². The third kappa shape index (κ3) is 3.98. The van der Waals surface area contributed by atoms with Crippen molar-refractivity contribution in [2.45, 2.75) is 6.92 Å². The van der Waals surface area contributed by atoms with Gasteiger partial charge in [-0.15, -0.1) is 0 Å². The molecule has 0 saturated heterocycles. The molecule has 15 heavy (non-hydrogen) atoms. The van der Waals surface area contributed by atoms with Crippen LogP contribution in [0.25, 0.3) is 0 Å². The monoisotopic (exact) mass is 222 g/mol. The first-order chi connectivity index (χ1) is 7.11. The van der Waals surface area contributed by atoms with E-state index in [9.17, 15) is 0 Å². The molecule has 1 rings (SSSR count). The Morgan fingerprint density at radius 1 is 1.33 bits per heavy atom. The zero-order valence-corrected chi connectivity index (χ0v) is 10.4. The highest BCUT2D eigenvalue weighted by Crippen LogP contribution is 2.06. The van der Waals surface area contributed by atoms with E-state index in [-0.39, 0.29) is 0 Å². The van der Waals surface area contributed by atoms with E-state index >= 15 is 0 Å². The minimum atomic E-state index is 0.843. The molecule has 1 N–H and O–H groups in total. The molecule has 0 spiro atoms. The van der Waals surface area contributed by atoms with Crippen molar-refractivity contribution in [3.8, 4) is 0 Å². The van der Waals surface area contributed by atoms with Gasteiger partial charge in [-0.3, -0.25) is 0 Å². The van der Waals surface area contributed by atoms with Crippen LogP contribution in [-0.4, -0.2) is 37.1 Å². The summed E-state index contributed by atoms with van der Waals surface area (Å²) in [4.78, 5) is 2.97. The second-order valence-electron chi connectivity index (χ2n) is 3.87. The molecule has 0 bridgehead atoms. The number of hydrogen-bond donors (Lipinski definition) is 1. The second kappa shape index (κ2) is 5.83. The van der Waals surface area contributed by atoms with E-state index in [2.05, 4.69) is 43.4 Å². The first-order valence-electron chi connectivity index (χ1n) is 5.10. The molecule has 0 unspecified atom stereocenters. The summed E-state index contributed by atoms with van der Waals surface area (Å²) in [7, 11) is 4.11. The molecule has 0 aromatic heterocycles. The van der Waals surface area contributed by atoms with E-state index < -0.39 is 0 Å². The van der Waals surface area contributed by atoms with Crippen LogP contribution in [0, 0.1) is 6.92 Å². The van der Waals surface area contributed by atoms with E-state index in [0.717, 1.165) is 23.6 Å². The maximum absolute atomic E-state index is 5.33. The standard InChI is InChI=1S/C12H18N2S/c1-10-6-4-5-7-11(10)12(15)13-8-9-14(2)3/h4-7H,8-9H2,1-3H3,(H,13,15). The summed E-state index contributed by atoms with van der Waals surface area (Å²) < 4.78 is 0. The van der Waals surface area contributed by atoms with Crippen molar-refractivity contribution in [2.24, 2.45) is 0 Å². The van der Waals surface area contributed by atoms with E-state index in [1.807, 2.05) is 12.1 Å². The minimum Gasteiger partial charge on any atom is -0.375 e. The normalized spacial score (nSPS) is 10.4. The third-order valence-electron chi connectivity index (χ3n) is 2.23. The number of nitrogens with one attached hydrogen (secondary N) is 1. The number of benzene rings is 1. The summed E-state index contributed by atoms with van der Waals surface area (Å²) in [5.41, 5.74) is 2.35. The SMILES string of the molecule is Cc1ccccc1C(=S)NCCN(C)C. The van der Waals surface area contributed by atoms with Gasteiger partial charge in [-0.1, -0.05) is 36.5 Å². The number of rotatable bonds is 4. The topological polar surface area (TPSA) is 15.3 Å². The third-order valence-corrected chi connectivity index (χ3v) is 2.60. The molecular formula is C12H18N2S. The van der Waals surface area contributed by atoms with Crippen molar-refractivity contribution in [3.05, 3.63) is 35.4 Å². The fraction of sp³-hybridized carbons (Fsp3) is 0.417. The molecule has 2 nitrogen and oxygen atoms in total. The smallest absolute Gasteiger partial charge is 0.106 e. The largest absolute Gasteiger partial charge is 0.375 e. The number of aryl methyl sites for hydroxylation is 1. The van der Waals surface area contributed by atoms with Crippen LogP contribution in [0.5, 0.6) is 0 Å². The van der Waals surface area contributed by atoms with Gasteiger partial charge in [0.1, 0.15) is 4.99 Å². The Kier molecular flexibility index (Phi) is 4.72. The van der Waals surface area contributed by atoms with Gasteiger partial charge in [0.05, 0.1) is 0 Å². The van der Waals surface area contributed by atoms with Crippen molar-refractivity contribution < 1.29 is 0 Å². The number of hydrogen-bond acceptors (Lipinski definition) is 2. The molecule has 1 aromatic carbocycles. The maximum Gasteiger partial charge on any atom is 0.106 e. The molecular weight excluding hydrogens is 204 g/mol. The summed E-state index contributed by atoms with van der Waals surface area (Å²) in [5.74, 6) is 0. The quantitative estimate of drug-likeness (QED) is 0.782. The van der Waals surface area contributed by atoms with E-state index in [1.165, 1.54) is 5.56 Å². The average Bonchev–Trinajstić information content (AvgIpc) is 2.17. The van der Waals surface area contributed by atoms with Crippen LogP contribution in [0.15, 0.2) is 24.3 Å². The van der Waals surface area contributed by atoms with Gasteiger partial charge >= 0.3 is 0 Å². The predicted octanol–water partition coefficient (Wildman–Crippen LogP) is 1.82. The Bertz CT molecular complexity index is 334. The Morgan fingerprint density at radius 3 is 2.60 bits per heavy atom. The Balaban J connectivity index is 2.51. The fourth-order valence-corrected chi connectivity index (χ4v) is 1.65. The lowest BCUT2D eigenvalue weighted by Gasteiger charge is -2.13. The molecule has 0 heterocycles. The minimum absolute atomic E-state index is 0.843. The summed E-state index contributed by atoms with van der Waals surface area (Å²) in [6.07, 6.45) is 0. The molecule has 3 heteroatoms. The van der Waals surface area contributed by atoms with Crippen LogP contribution in [0.4, 0.5) is 0 Å². The van der Waals surface area contributed by atoms with Gasteiger partial charge in [0, 0.05) is 18.7 Å². The lowest BCUT2D eigenvalue weighted by Crippen LogP contribution is -2.31. The van der Waals surface area contributed by atoms with Gasteiger partial charge in [-0.05, 0) is 26.6 Å². The van der Waals surface area contributed by atoms with Crippen molar-refractivity contribution in [2.75, 3.05) is 27.2 Å². The first-order valence-corrected chi connectivity index (χ1v) is 5.50. The molecule has 0 amide bonds. The Morgan fingerprint density at radius 2 is 2.00 bits per heavy atom. The number of likely N-dealkylation sites (N-methyl/N-ethyl adjacent to an activating group) is 1. The second-order valence-corrected chi connectivity index (χ2v) is 4.28. The summed E-state index contributed by atoms with van der Waals surface area (Å²) >= 11 is 5.33. The summed E-state index contributed by atoms with van der Waals surface area (Å²) in [5, 5.41) is 3.26. The van der Waals surface area contributed by atoms with Gasteiger partial charge in [0.25, 0.3) is 0 Å². The Labute approximate surface area is 97.3 Å². The molecule has 0 atom stereocenters. The molecule has 0 saturated carbocycles. The summed E-state index contributed by atoms with van der Waals surface area (Å²) in [6.45, 7) is 3.96. The van der Waals surface area contributed by atoms with E-state index in [1.54, 1.807) is 0 Å². The van der Waals surface area contributed by atoms with Crippen LogP contribution in [0.1, 0.15) is 11.1 Å². The first kappa shape index (κ1) is 12.1. The van der Waals surface area contributed by atoms with Gasteiger partial charge in [-0.2, -0.15) is 0 Å². The predicted molar refractivity (Wildman–Crippen MR) is 69.4 cm³/mol. The van der Waals surface area contributed by atoms with Crippen LogP contribution >= 0.6 is 12.2 Å². The zero-order chi connectivity index (χ0) is 11.3. The lowest BCUT2D eigenvalue weighted by atomic mass is 10.1. The molecule has 0 aliphatic rings. The maximum atomic E-state index is 5.33. The van der Waals surface area contributed by atoms with Crippen molar-refractivity contribution in [1.29, 1.82) is 0 Å². The van der Waals surface area contributed by atoms with Crippen LogP contribution in [0.2, 0.25) is 0 Å². The molecule has 0 aliphatic heterocycles. The summed E-state index contributed by atoms with van der Waals surface area (Å²) in [6, 6.07) is 8.18. The van der Waals surface area contributed by atoms with Crippen LogP contribution in [-0.2, 0) is 0 Å². The van der Waals surface area contributed by atoms with Gasteiger partial charge < -0.3 is 10.2 Å². The molecule has 82 valence electrons. The Hall–Kier alpha value is -0.930. The van der Waals surface area contributed by atoms with E-state index in [0.29, 0.717) is 0 Å². The van der Waals surface area contributed by atoms with Gasteiger partial charge in [0.15, 0.2) is 0 Å². The highest BCUT2D eigenvalue weighted by atomic mass is 32.1. The van der Waals surface area contributed by atoms with Crippen molar-refractivity contribution >= 4 is 17.2 Å². The molecule has 1 aromatic rings. The fourth-order valence-electron chi connectivity index (χ4n) is 1.32. The zero-order valence-electron chi connectivity index (χ0n) is 9.58. The van der Waals surface area contributed by atoms with Crippen molar-refractivity contribution in [3.63, 3.8) is 0 Å². The lowest BCUT2D eigenvalue weighted by molar-refractivity contribution is 0.413. The van der Waals surface area contributed by atoms with Crippen LogP contribution in [0.3, 0.4) is 0 Å². The molecule has 0 aliphatic carbocycles. The highest BCUT2D eigenvalue weighted by Gasteiger charge is 2.02. The van der Waals surface area contributed by atoms with Gasteiger partial charge in [0.2, 0.25) is 0 Å². The van der Waals surface area contributed by atoms with E-state index in [4.69, 9.17) is 12.2 Å². The van der Waals surface area contributed by atoms with Crippen molar-refractivity contribution in [1.82, 2.24) is 10.2 Å². The number of thiocarbonyl (C=S) groups is 1. The average molecular weight is 222 g/mol.